The summed E-state index contributed by atoms with van der Waals surface area (Å²) in [4.78, 5) is 13.3. The summed E-state index contributed by atoms with van der Waals surface area (Å²) < 4.78 is 45.7. The van der Waals surface area contributed by atoms with Gasteiger partial charge in [-0.15, -0.1) is 0 Å². The largest absolute Gasteiger partial charge is 0.417 e. The van der Waals surface area contributed by atoms with Crippen molar-refractivity contribution in [1.29, 1.82) is 0 Å². The summed E-state index contributed by atoms with van der Waals surface area (Å²) in [6, 6.07) is 7.82. The number of aromatic amines is 1. The topological polar surface area (TPSA) is 92.2 Å². The van der Waals surface area contributed by atoms with Crippen molar-refractivity contribution in [3.05, 3.63) is 57.2 Å². The summed E-state index contributed by atoms with van der Waals surface area (Å²) in [5.41, 5.74) is 0.293. The Balaban J connectivity index is 2.01. The first-order valence-electron chi connectivity index (χ1n) is 5.96. The van der Waals surface area contributed by atoms with E-state index in [1.165, 1.54) is 30.3 Å². The van der Waals surface area contributed by atoms with E-state index < -0.39 is 21.6 Å². The highest BCUT2D eigenvalue weighted by atomic mass is 79.9. The lowest BCUT2D eigenvalue weighted by molar-refractivity contribution is 0.554. The standard InChI is InChI=1S/C13H8BrFN2O4S/c14-7-1-3-10(9(15)5-7)17-22(19,20)8-2-4-11-12(6-8)21-13(18)16-11/h1-6,17H,(H,16,18). The lowest BCUT2D eigenvalue weighted by Crippen LogP contribution is -2.13. The normalized spacial score (nSPS) is 11.7. The molecule has 0 fully saturated rings. The van der Waals surface area contributed by atoms with Crippen LogP contribution < -0.4 is 10.5 Å². The van der Waals surface area contributed by atoms with E-state index in [-0.39, 0.29) is 16.2 Å². The van der Waals surface area contributed by atoms with Gasteiger partial charge in [0.25, 0.3) is 10.0 Å². The van der Waals surface area contributed by atoms with Crippen LogP contribution in [0.2, 0.25) is 0 Å². The Kier molecular flexibility index (Phi) is 3.53. The van der Waals surface area contributed by atoms with Crippen LogP contribution in [-0.2, 0) is 10.0 Å². The summed E-state index contributed by atoms with van der Waals surface area (Å²) in [5, 5.41) is 0. The quantitative estimate of drug-likeness (QED) is 0.723. The zero-order valence-corrected chi connectivity index (χ0v) is 13.2. The molecule has 22 heavy (non-hydrogen) atoms. The second-order valence-corrected chi connectivity index (χ2v) is 7.00. The summed E-state index contributed by atoms with van der Waals surface area (Å²) >= 11 is 3.09. The second-order valence-electron chi connectivity index (χ2n) is 4.40. The molecule has 0 aliphatic rings. The maximum Gasteiger partial charge on any atom is 0.417 e. The van der Waals surface area contributed by atoms with Gasteiger partial charge < -0.3 is 4.42 Å². The molecule has 0 unspecified atom stereocenters. The maximum atomic E-state index is 13.7. The molecule has 0 aliphatic carbocycles. The van der Waals surface area contributed by atoms with E-state index in [2.05, 4.69) is 25.6 Å². The van der Waals surface area contributed by atoms with Crippen molar-refractivity contribution in [2.45, 2.75) is 4.90 Å². The van der Waals surface area contributed by atoms with Crippen LogP contribution in [0.25, 0.3) is 11.1 Å². The van der Waals surface area contributed by atoms with E-state index in [0.29, 0.717) is 9.99 Å². The van der Waals surface area contributed by atoms with Gasteiger partial charge in [-0.1, -0.05) is 15.9 Å². The van der Waals surface area contributed by atoms with E-state index in [0.717, 1.165) is 6.07 Å². The lowest BCUT2D eigenvalue weighted by atomic mass is 10.3. The van der Waals surface area contributed by atoms with E-state index >= 15 is 0 Å². The van der Waals surface area contributed by atoms with E-state index in [4.69, 9.17) is 4.42 Å². The molecule has 3 aromatic rings. The highest BCUT2D eigenvalue weighted by Crippen LogP contribution is 2.23. The summed E-state index contributed by atoms with van der Waals surface area (Å²) in [5.74, 6) is -1.40. The van der Waals surface area contributed by atoms with Crippen LogP contribution in [-0.4, -0.2) is 13.4 Å². The van der Waals surface area contributed by atoms with Gasteiger partial charge in [0.15, 0.2) is 5.58 Å². The van der Waals surface area contributed by atoms with Crippen molar-refractivity contribution in [2.24, 2.45) is 0 Å². The molecular formula is C13H8BrFN2O4S. The zero-order valence-electron chi connectivity index (χ0n) is 10.8. The van der Waals surface area contributed by atoms with Gasteiger partial charge in [0.05, 0.1) is 16.1 Å². The average molecular weight is 387 g/mol. The number of hydrogen-bond acceptors (Lipinski definition) is 4. The first-order chi connectivity index (χ1) is 10.3. The Bertz CT molecular complexity index is 1030. The van der Waals surface area contributed by atoms with Crippen LogP contribution in [0.1, 0.15) is 0 Å². The van der Waals surface area contributed by atoms with Crippen molar-refractivity contribution >= 4 is 42.7 Å². The molecule has 9 heteroatoms. The molecule has 0 saturated heterocycles. The molecule has 0 amide bonds. The van der Waals surface area contributed by atoms with E-state index in [1.54, 1.807) is 0 Å². The molecule has 0 atom stereocenters. The molecule has 0 radical (unpaired) electrons. The molecule has 3 rings (SSSR count). The Labute approximate surface area is 132 Å². The SMILES string of the molecule is O=c1[nH]c2ccc(S(=O)(=O)Nc3ccc(Br)cc3F)cc2o1. The highest BCUT2D eigenvalue weighted by molar-refractivity contribution is 9.10. The number of anilines is 1. The third-order valence-electron chi connectivity index (χ3n) is 2.88. The van der Waals surface area contributed by atoms with E-state index in [9.17, 15) is 17.6 Å². The van der Waals surface area contributed by atoms with E-state index in [1.807, 2.05) is 0 Å². The Morgan fingerprint density at radius 2 is 1.95 bits per heavy atom. The fraction of sp³-hybridized carbons (Fsp3) is 0. The molecule has 2 aromatic carbocycles. The van der Waals surface area contributed by atoms with Crippen LogP contribution in [0, 0.1) is 5.82 Å². The number of rotatable bonds is 3. The second kappa shape index (κ2) is 5.25. The molecule has 0 bridgehead atoms. The molecule has 114 valence electrons. The molecular weight excluding hydrogens is 379 g/mol. The molecule has 6 nitrogen and oxygen atoms in total. The highest BCUT2D eigenvalue weighted by Gasteiger charge is 2.18. The molecule has 0 spiro atoms. The van der Waals surface area contributed by atoms with Crippen molar-refractivity contribution in [2.75, 3.05) is 4.72 Å². The van der Waals surface area contributed by atoms with Crippen LogP contribution in [0.5, 0.6) is 0 Å². The predicted octanol–water partition coefficient (Wildman–Crippen LogP) is 2.82. The summed E-state index contributed by atoms with van der Waals surface area (Å²) in [6.07, 6.45) is 0. The van der Waals surface area contributed by atoms with Gasteiger partial charge in [-0.25, -0.2) is 17.6 Å². The third-order valence-corrected chi connectivity index (χ3v) is 4.73. The van der Waals surface area contributed by atoms with Crippen LogP contribution in [0.3, 0.4) is 0 Å². The summed E-state index contributed by atoms with van der Waals surface area (Å²) in [7, 11) is -4.01. The van der Waals surface area contributed by atoms with Gasteiger partial charge in [0.2, 0.25) is 0 Å². The fourth-order valence-corrected chi connectivity index (χ4v) is 3.28. The van der Waals surface area contributed by atoms with Crippen molar-refractivity contribution in [3.8, 4) is 0 Å². The first kappa shape index (κ1) is 14.8. The van der Waals surface area contributed by atoms with Crippen LogP contribution >= 0.6 is 15.9 Å². The lowest BCUT2D eigenvalue weighted by Gasteiger charge is -2.09. The van der Waals surface area contributed by atoms with Crippen LogP contribution in [0.15, 0.2) is 55.0 Å². The van der Waals surface area contributed by atoms with Crippen molar-refractivity contribution in [1.82, 2.24) is 4.98 Å². The minimum atomic E-state index is -4.01. The molecule has 1 heterocycles. The van der Waals surface area contributed by atoms with Gasteiger partial charge in [0.1, 0.15) is 5.82 Å². The van der Waals surface area contributed by atoms with Gasteiger partial charge in [0, 0.05) is 10.5 Å². The minimum Gasteiger partial charge on any atom is -0.408 e. The summed E-state index contributed by atoms with van der Waals surface area (Å²) in [6.45, 7) is 0. The van der Waals surface area contributed by atoms with Crippen molar-refractivity contribution < 1.29 is 17.2 Å². The number of benzene rings is 2. The van der Waals surface area contributed by atoms with Crippen molar-refractivity contribution in [3.63, 3.8) is 0 Å². The Morgan fingerprint density at radius 1 is 1.18 bits per heavy atom. The van der Waals surface area contributed by atoms with Crippen LogP contribution in [0.4, 0.5) is 10.1 Å². The van der Waals surface area contributed by atoms with Gasteiger partial charge >= 0.3 is 5.76 Å². The number of hydrogen-bond donors (Lipinski definition) is 2. The Hall–Kier alpha value is -2.13. The number of nitrogens with one attached hydrogen (secondary N) is 2. The zero-order chi connectivity index (χ0) is 15.9. The van der Waals surface area contributed by atoms with Gasteiger partial charge in [-0.3, -0.25) is 9.71 Å². The fourth-order valence-electron chi connectivity index (χ4n) is 1.87. The number of sulfonamides is 1. The smallest absolute Gasteiger partial charge is 0.408 e. The average Bonchev–Trinajstić information content (AvgIpc) is 2.81. The third kappa shape index (κ3) is 2.77. The van der Waals surface area contributed by atoms with Gasteiger partial charge in [-0.2, -0.15) is 0 Å². The molecule has 0 saturated carbocycles. The molecule has 2 N–H and O–H groups in total. The molecule has 1 aromatic heterocycles. The predicted molar refractivity (Wildman–Crippen MR) is 81.7 cm³/mol. The molecule has 0 aliphatic heterocycles. The number of aromatic nitrogens is 1. The first-order valence-corrected chi connectivity index (χ1v) is 8.23. The number of halogens is 2. The Morgan fingerprint density at radius 3 is 2.68 bits per heavy atom. The minimum absolute atomic E-state index is 0.101. The van der Waals surface area contributed by atoms with Gasteiger partial charge in [-0.05, 0) is 30.3 Å². The number of fused-ring (bicyclic) bond motifs is 1. The number of H-pyrrole nitrogens is 1. The maximum absolute atomic E-state index is 13.7. The number of oxazole rings is 1. The monoisotopic (exact) mass is 386 g/mol.